The van der Waals surface area contributed by atoms with Crippen molar-refractivity contribution in [3.05, 3.63) is 24.2 Å². The second-order valence-corrected chi connectivity index (χ2v) is 5.95. The van der Waals surface area contributed by atoms with Gasteiger partial charge in [-0.05, 0) is 25.0 Å². The Morgan fingerprint density at radius 3 is 2.91 bits per heavy atom. The zero-order valence-electron chi connectivity index (χ0n) is 12.2. The highest BCUT2D eigenvalue weighted by Gasteiger charge is 2.38. The molecule has 1 amide bonds. The first kappa shape index (κ1) is 13.4. The van der Waals surface area contributed by atoms with E-state index in [2.05, 4.69) is 20.3 Å². The molecule has 1 saturated carbocycles. The summed E-state index contributed by atoms with van der Waals surface area (Å²) in [5.74, 6) is 1.14. The van der Waals surface area contributed by atoms with E-state index < -0.39 is 0 Å². The molecule has 0 N–H and O–H groups in total. The number of likely N-dealkylation sites (tertiary alicyclic amines) is 1. The normalized spacial score (nSPS) is 22.6. The van der Waals surface area contributed by atoms with Crippen molar-refractivity contribution >= 4 is 5.91 Å². The first-order valence-electron chi connectivity index (χ1n) is 7.72. The fourth-order valence-electron chi connectivity index (χ4n) is 3.39. The number of nitrogens with zero attached hydrogens (tertiary/aromatic N) is 5. The number of carbonyl (C=O) groups excluding carboxylic acids is 1. The van der Waals surface area contributed by atoms with Crippen LogP contribution in [-0.2, 0) is 4.79 Å². The second kappa shape index (κ2) is 5.47. The van der Waals surface area contributed by atoms with Gasteiger partial charge >= 0.3 is 0 Å². The van der Waals surface area contributed by atoms with Crippen molar-refractivity contribution in [2.24, 2.45) is 0 Å². The molecular formula is C15H17N5O2. The SMILES string of the molecule is O=C1C[C@@H](c2nc(-c3cccnn3)no2)CN1C1CCCC1. The van der Waals surface area contributed by atoms with Crippen LogP contribution in [0.3, 0.4) is 0 Å². The average molecular weight is 299 g/mol. The number of hydrogen-bond acceptors (Lipinski definition) is 6. The molecule has 0 spiro atoms. The summed E-state index contributed by atoms with van der Waals surface area (Å²) in [6, 6.07) is 3.96. The quantitative estimate of drug-likeness (QED) is 0.859. The molecular weight excluding hydrogens is 282 g/mol. The van der Waals surface area contributed by atoms with Crippen LogP contribution in [-0.4, -0.2) is 43.7 Å². The van der Waals surface area contributed by atoms with Crippen molar-refractivity contribution in [2.75, 3.05) is 6.54 Å². The van der Waals surface area contributed by atoms with Crippen molar-refractivity contribution in [1.29, 1.82) is 0 Å². The number of rotatable bonds is 3. The summed E-state index contributed by atoms with van der Waals surface area (Å²) in [4.78, 5) is 18.6. The van der Waals surface area contributed by atoms with Crippen LogP contribution < -0.4 is 0 Å². The molecule has 7 nitrogen and oxygen atoms in total. The van der Waals surface area contributed by atoms with Gasteiger partial charge in [0.1, 0.15) is 5.69 Å². The highest BCUT2D eigenvalue weighted by atomic mass is 16.5. The summed E-state index contributed by atoms with van der Waals surface area (Å²) in [6.45, 7) is 0.686. The molecule has 3 heterocycles. The minimum atomic E-state index is -0.00831. The maximum atomic E-state index is 12.2. The number of hydrogen-bond donors (Lipinski definition) is 0. The van der Waals surface area contributed by atoms with Gasteiger partial charge in [0.2, 0.25) is 17.6 Å². The summed E-state index contributed by atoms with van der Waals surface area (Å²) < 4.78 is 5.35. The van der Waals surface area contributed by atoms with Gasteiger partial charge in [0.25, 0.3) is 0 Å². The molecule has 114 valence electrons. The Kier molecular flexibility index (Phi) is 3.32. The Morgan fingerprint density at radius 2 is 2.14 bits per heavy atom. The van der Waals surface area contributed by atoms with E-state index in [-0.39, 0.29) is 11.8 Å². The largest absolute Gasteiger partial charge is 0.339 e. The lowest BCUT2D eigenvalue weighted by atomic mass is 10.1. The summed E-state index contributed by atoms with van der Waals surface area (Å²) in [6.07, 6.45) is 6.73. The summed E-state index contributed by atoms with van der Waals surface area (Å²) in [5, 5.41) is 11.7. The van der Waals surface area contributed by atoms with Gasteiger partial charge in [-0.1, -0.05) is 18.0 Å². The average Bonchev–Trinajstić information content (AvgIpc) is 3.28. The Labute approximate surface area is 127 Å². The predicted molar refractivity (Wildman–Crippen MR) is 76.7 cm³/mol. The maximum Gasteiger partial charge on any atom is 0.232 e. The lowest BCUT2D eigenvalue weighted by Crippen LogP contribution is -2.34. The highest BCUT2D eigenvalue weighted by molar-refractivity contribution is 5.80. The zero-order chi connectivity index (χ0) is 14.9. The summed E-state index contributed by atoms with van der Waals surface area (Å²) in [7, 11) is 0. The van der Waals surface area contributed by atoms with Crippen LogP contribution in [0.15, 0.2) is 22.9 Å². The Bertz CT molecular complexity index is 666. The minimum Gasteiger partial charge on any atom is -0.339 e. The topological polar surface area (TPSA) is 85.0 Å². The smallest absolute Gasteiger partial charge is 0.232 e. The monoisotopic (exact) mass is 299 g/mol. The van der Waals surface area contributed by atoms with Crippen LogP contribution in [0.25, 0.3) is 11.5 Å². The van der Waals surface area contributed by atoms with Crippen LogP contribution in [0.5, 0.6) is 0 Å². The van der Waals surface area contributed by atoms with Crippen molar-refractivity contribution in [3.8, 4) is 11.5 Å². The Morgan fingerprint density at radius 1 is 1.27 bits per heavy atom. The minimum absolute atomic E-state index is 0.00831. The second-order valence-electron chi connectivity index (χ2n) is 5.95. The van der Waals surface area contributed by atoms with Crippen LogP contribution in [0.2, 0.25) is 0 Å². The first-order chi connectivity index (χ1) is 10.8. The molecule has 1 aliphatic heterocycles. The number of carbonyl (C=O) groups is 1. The van der Waals surface area contributed by atoms with E-state index >= 15 is 0 Å². The summed E-state index contributed by atoms with van der Waals surface area (Å²) >= 11 is 0. The molecule has 4 rings (SSSR count). The van der Waals surface area contributed by atoms with Crippen molar-refractivity contribution in [2.45, 2.75) is 44.1 Å². The molecule has 0 radical (unpaired) electrons. The van der Waals surface area contributed by atoms with Gasteiger partial charge in [0.15, 0.2) is 0 Å². The number of aromatic nitrogens is 4. The molecule has 2 aromatic heterocycles. The maximum absolute atomic E-state index is 12.2. The van der Waals surface area contributed by atoms with Crippen LogP contribution in [0, 0.1) is 0 Å². The molecule has 0 unspecified atom stereocenters. The van der Waals surface area contributed by atoms with E-state index in [4.69, 9.17) is 4.52 Å². The summed E-state index contributed by atoms with van der Waals surface area (Å²) in [5.41, 5.74) is 0.578. The number of amides is 1. The third-order valence-corrected chi connectivity index (χ3v) is 4.52. The fraction of sp³-hybridized carbons (Fsp3) is 0.533. The molecule has 0 aromatic carbocycles. The van der Waals surface area contributed by atoms with Gasteiger partial charge in [0, 0.05) is 25.2 Å². The molecule has 1 aliphatic carbocycles. The van der Waals surface area contributed by atoms with Gasteiger partial charge in [-0.2, -0.15) is 10.1 Å². The first-order valence-corrected chi connectivity index (χ1v) is 7.72. The van der Waals surface area contributed by atoms with Gasteiger partial charge in [-0.15, -0.1) is 5.10 Å². The Balaban J connectivity index is 1.51. The zero-order valence-corrected chi connectivity index (χ0v) is 12.2. The lowest BCUT2D eigenvalue weighted by Gasteiger charge is -2.23. The van der Waals surface area contributed by atoms with Crippen molar-refractivity contribution < 1.29 is 9.32 Å². The van der Waals surface area contributed by atoms with E-state index in [1.54, 1.807) is 18.3 Å². The van der Waals surface area contributed by atoms with Crippen LogP contribution in [0.1, 0.15) is 43.9 Å². The molecule has 1 saturated heterocycles. The van der Waals surface area contributed by atoms with Gasteiger partial charge in [-0.3, -0.25) is 4.79 Å². The molecule has 2 aliphatic rings. The van der Waals surface area contributed by atoms with E-state index in [1.165, 1.54) is 12.8 Å². The van der Waals surface area contributed by atoms with Crippen molar-refractivity contribution in [3.63, 3.8) is 0 Å². The van der Waals surface area contributed by atoms with E-state index in [9.17, 15) is 4.79 Å². The van der Waals surface area contributed by atoms with Gasteiger partial charge in [-0.25, -0.2) is 0 Å². The standard InChI is InChI=1S/C15H17N5O2/c21-13-8-10(9-20(13)11-4-1-2-5-11)15-17-14(19-22-15)12-6-3-7-16-18-12/h3,6-7,10-11H,1-2,4-5,8-9H2/t10-/m1/s1. The van der Waals surface area contributed by atoms with E-state index in [0.29, 0.717) is 36.4 Å². The molecule has 2 aromatic rings. The third-order valence-electron chi connectivity index (χ3n) is 4.52. The van der Waals surface area contributed by atoms with Gasteiger partial charge in [0.05, 0.1) is 5.92 Å². The van der Waals surface area contributed by atoms with Crippen LogP contribution in [0.4, 0.5) is 0 Å². The van der Waals surface area contributed by atoms with Crippen LogP contribution >= 0.6 is 0 Å². The molecule has 2 fully saturated rings. The molecule has 1 atom stereocenters. The van der Waals surface area contributed by atoms with Gasteiger partial charge < -0.3 is 9.42 Å². The molecule has 0 bridgehead atoms. The Hall–Kier alpha value is -2.31. The van der Waals surface area contributed by atoms with E-state index in [0.717, 1.165) is 12.8 Å². The third kappa shape index (κ3) is 2.36. The predicted octanol–water partition coefficient (Wildman–Crippen LogP) is 1.79. The highest BCUT2D eigenvalue weighted by Crippen LogP contribution is 2.33. The lowest BCUT2D eigenvalue weighted by molar-refractivity contribution is -0.129. The molecule has 22 heavy (non-hydrogen) atoms. The van der Waals surface area contributed by atoms with Crippen molar-refractivity contribution in [1.82, 2.24) is 25.2 Å². The van der Waals surface area contributed by atoms with E-state index in [1.807, 2.05) is 4.90 Å². The molecule has 7 heteroatoms. The fourth-order valence-corrected chi connectivity index (χ4v) is 3.39.